The van der Waals surface area contributed by atoms with Crippen LogP contribution in [-0.2, 0) is 6.42 Å². The number of aromatic nitrogens is 6. The van der Waals surface area contributed by atoms with Crippen LogP contribution in [0, 0.1) is 0 Å². The van der Waals surface area contributed by atoms with Crippen molar-refractivity contribution in [3.05, 3.63) is 53.5 Å². The Hall–Kier alpha value is -3.42. The zero-order valence-electron chi connectivity index (χ0n) is 15.0. The average molecular weight is 360 g/mol. The van der Waals surface area contributed by atoms with E-state index in [2.05, 4.69) is 53.1 Å². The number of hydrogen-bond donors (Lipinski definition) is 4. The van der Waals surface area contributed by atoms with E-state index in [1.54, 1.807) is 0 Å². The number of benzene rings is 1. The molecule has 3 aromatic heterocycles. The normalized spacial score (nSPS) is 13.8. The van der Waals surface area contributed by atoms with Crippen LogP contribution in [0.2, 0.25) is 0 Å². The van der Waals surface area contributed by atoms with Crippen molar-refractivity contribution >= 4 is 28.5 Å². The molecule has 1 aliphatic carbocycles. The number of nitrogens with zero attached hydrogens (tertiary/aromatic N) is 4. The van der Waals surface area contributed by atoms with Crippen molar-refractivity contribution in [3.8, 4) is 0 Å². The highest BCUT2D eigenvalue weighted by Crippen LogP contribution is 2.39. The van der Waals surface area contributed by atoms with Crippen LogP contribution in [-0.4, -0.2) is 37.4 Å². The Morgan fingerprint density at radius 2 is 2.07 bits per heavy atom. The molecule has 27 heavy (non-hydrogen) atoms. The third-order valence-electron chi connectivity index (χ3n) is 4.91. The van der Waals surface area contributed by atoms with E-state index in [-0.39, 0.29) is 0 Å². The van der Waals surface area contributed by atoms with E-state index < -0.39 is 0 Å². The minimum atomic E-state index is 0.570. The Morgan fingerprint density at radius 1 is 1.15 bits per heavy atom. The summed E-state index contributed by atoms with van der Waals surface area (Å²) in [7, 11) is 1.81. The third kappa shape index (κ3) is 3.10. The molecule has 1 aromatic carbocycles. The summed E-state index contributed by atoms with van der Waals surface area (Å²) in [6.07, 6.45) is 6.88. The van der Waals surface area contributed by atoms with Crippen molar-refractivity contribution < 1.29 is 0 Å². The molecule has 0 bridgehead atoms. The molecule has 0 radical (unpaired) electrons. The summed E-state index contributed by atoms with van der Waals surface area (Å²) in [5, 5.41) is 22.1. The summed E-state index contributed by atoms with van der Waals surface area (Å²) in [5.74, 6) is 2.73. The van der Waals surface area contributed by atoms with Gasteiger partial charge in [0.15, 0.2) is 5.82 Å². The van der Waals surface area contributed by atoms with Gasteiger partial charge in [0.1, 0.15) is 5.82 Å². The maximum Gasteiger partial charge on any atom is 0.224 e. The lowest BCUT2D eigenvalue weighted by Crippen LogP contribution is -2.05. The second-order valence-corrected chi connectivity index (χ2v) is 6.85. The number of nitrogens with one attached hydrogen (secondary N) is 4. The fourth-order valence-corrected chi connectivity index (χ4v) is 3.28. The predicted molar refractivity (Wildman–Crippen MR) is 104 cm³/mol. The lowest BCUT2D eigenvalue weighted by molar-refractivity contribution is 0.965. The molecule has 1 fully saturated rings. The van der Waals surface area contributed by atoms with Crippen LogP contribution < -0.4 is 10.6 Å². The minimum Gasteiger partial charge on any atom is -0.357 e. The highest BCUT2D eigenvalue weighted by molar-refractivity contribution is 5.82. The quantitative estimate of drug-likeness (QED) is 0.420. The van der Waals surface area contributed by atoms with Crippen LogP contribution in [0.3, 0.4) is 0 Å². The van der Waals surface area contributed by atoms with Gasteiger partial charge in [0.05, 0.1) is 11.7 Å². The summed E-state index contributed by atoms with van der Waals surface area (Å²) < 4.78 is 0. The molecule has 0 aliphatic heterocycles. The second-order valence-electron chi connectivity index (χ2n) is 6.85. The van der Waals surface area contributed by atoms with Crippen molar-refractivity contribution in [3.63, 3.8) is 0 Å². The van der Waals surface area contributed by atoms with Gasteiger partial charge in [0, 0.05) is 48.3 Å². The fourth-order valence-electron chi connectivity index (χ4n) is 3.28. The lowest BCUT2D eigenvalue weighted by Gasteiger charge is -2.11. The monoisotopic (exact) mass is 360 g/mol. The summed E-state index contributed by atoms with van der Waals surface area (Å²) in [6, 6.07) is 8.23. The summed E-state index contributed by atoms with van der Waals surface area (Å²) in [5.41, 5.74) is 4.38. The Balaban J connectivity index is 1.48. The van der Waals surface area contributed by atoms with Gasteiger partial charge in [-0.15, -0.1) is 0 Å². The third-order valence-corrected chi connectivity index (χ3v) is 4.91. The van der Waals surface area contributed by atoms with Gasteiger partial charge >= 0.3 is 0 Å². The van der Waals surface area contributed by atoms with Crippen molar-refractivity contribution in [1.82, 2.24) is 30.4 Å². The van der Waals surface area contributed by atoms with Gasteiger partial charge in [0.25, 0.3) is 0 Å². The second kappa shape index (κ2) is 6.39. The molecule has 0 unspecified atom stereocenters. The molecular weight excluding hydrogens is 340 g/mol. The van der Waals surface area contributed by atoms with Crippen molar-refractivity contribution in [2.24, 2.45) is 0 Å². The molecule has 4 aromatic rings. The summed E-state index contributed by atoms with van der Waals surface area (Å²) >= 11 is 0. The van der Waals surface area contributed by atoms with Crippen LogP contribution in [0.25, 0.3) is 10.9 Å². The number of fused-ring (bicyclic) bond motifs is 1. The Kier molecular flexibility index (Phi) is 3.74. The van der Waals surface area contributed by atoms with Gasteiger partial charge in [-0.05, 0) is 24.5 Å². The van der Waals surface area contributed by atoms with Crippen LogP contribution in [0.5, 0.6) is 0 Å². The van der Waals surface area contributed by atoms with E-state index in [0.717, 1.165) is 28.1 Å². The van der Waals surface area contributed by atoms with Crippen molar-refractivity contribution in [2.75, 3.05) is 17.7 Å². The average Bonchev–Trinajstić information content (AvgIpc) is 3.23. The standard InChI is InChI=1S/C19H20N8/c1-20-19-21-9-13(7-12-3-2-4-15-14(12)10-22-25-15)18(24-19)23-17-8-16(26-27-17)11-5-6-11/h2-4,8-11H,5-7H2,1H3,(H,22,25)(H3,20,21,23,24,26,27). The van der Waals surface area contributed by atoms with E-state index in [4.69, 9.17) is 0 Å². The highest BCUT2D eigenvalue weighted by Gasteiger charge is 2.25. The van der Waals surface area contributed by atoms with Crippen LogP contribution in [0.15, 0.2) is 36.7 Å². The number of anilines is 3. The molecule has 3 heterocycles. The first-order valence-corrected chi connectivity index (χ1v) is 9.07. The smallest absolute Gasteiger partial charge is 0.224 e. The van der Waals surface area contributed by atoms with Crippen molar-refractivity contribution in [2.45, 2.75) is 25.2 Å². The number of aromatic amines is 2. The molecule has 0 spiro atoms. The molecule has 8 heteroatoms. The van der Waals surface area contributed by atoms with Gasteiger partial charge in [-0.25, -0.2) is 4.98 Å². The summed E-state index contributed by atoms with van der Waals surface area (Å²) in [6.45, 7) is 0. The number of hydrogen-bond acceptors (Lipinski definition) is 6. The summed E-state index contributed by atoms with van der Waals surface area (Å²) in [4.78, 5) is 9.00. The molecular formula is C19H20N8. The molecule has 4 N–H and O–H groups in total. The van der Waals surface area contributed by atoms with Gasteiger partial charge in [-0.3, -0.25) is 10.2 Å². The molecule has 8 nitrogen and oxygen atoms in total. The largest absolute Gasteiger partial charge is 0.357 e. The Labute approximate surface area is 155 Å². The van der Waals surface area contributed by atoms with E-state index in [0.29, 0.717) is 18.3 Å². The molecule has 5 rings (SSSR count). The SMILES string of the molecule is CNc1ncc(Cc2cccc3[nH]ncc23)c(Nc2cc(C3CC3)[nH]n2)n1. The van der Waals surface area contributed by atoms with Crippen LogP contribution >= 0.6 is 0 Å². The van der Waals surface area contributed by atoms with E-state index in [1.807, 2.05) is 31.6 Å². The van der Waals surface area contributed by atoms with Crippen LogP contribution in [0.1, 0.15) is 35.6 Å². The zero-order chi connectivity index (χ0) is 18.2. The topological polar surface area (TPSA) is 107 Å². The predicted octanol–water partition coefficient (Wildman–Crippen LogP) is 3.33. The van der Waals surface area contributed by atoms with Gasteiger partial charge < -0.3 is 10.6 Å². The lowest BCUT2D eigenvalue weighted by atomic mass is 10.0. The van der Waals surface area contributed by atoms with Gasteiger partial charge in [-0.1, -0.05) is 12.1 Å². The maximum absolute atomic E-state index is 4.61. The Morgan fingerprint density at radius 3 is 2.93 bits per heavy atom. The molecule has 1 saturated carbocycles. The molecule has 0 saturated heterocycles. The molecule has 136 valence electrons. The molecule has 0 atom stereocenters. The molecule has 1 aliphatic rings. The van der Waals surface area contributed by atoms with Crippen molar-refractivity contribution in [1.29, 1.82) is 0 Å². The number of H-pyrrole nitrogens is 2. The van der Waals surface area contributed by atoms with E-state index in [9.17, 15) is 0 Å². The van der Waals surface area contributed by atoms with E-state index >= 15 is 0 Å². The first-order valence-electron chi connectivity index (χ1n) is 9.07. The first-order chi connectivity index (χ1) is 13.3. The minimum absolute atomic E-state index is 0.570. The van der Waals surface area contributed by atoms with E-state index in [1.165, 1.54) is 24.1 Å². The van der Waals surface area contributed by atoms with Crippen LogP contribution in [0.4, 0.5) is 17.6 Å². The first kappa shape index (κ1) is 15.8. The fraction of sp³-hybridized carbons (Fsp3) is 0.263. The van der Waals surface area contributed by atoms with Gasteiger partial charge in [0.2, 0.25) is 5.95 Å². The Bertz CT molecular complexity index is 1090. The maximum atomic E-state index is 4.61. The van der Waals surface area contributed by atoms with Gasteiger partial charge in [-0.2, -0.15) is 15.2 Å². The zero-order valence-corrected chi connectivity index (χ0v) is 15.0. The highest BCUT2D eigenvalue weighted by atomic mass is 15.2. The molecule has 0 amide bonds. The number of rotatable bonds is 6.